The summed E-state index contributed by atoms with van der Waals surface area (Å²) >= 11 is 0. The van der Waals surface area contributed by atoms with Crippen molar-refractivity contribution >= 4 is 39.0 Å². The van der Waals surface area contributed by atoms with Crippen molar-refractivity contribution in [2.45, 2.75) is 52.1 Å². The van der Waals surface area contributed by atoms with E-state index in [4.69, 9.17) is 14.6 Å². The third-order valence-corrected chi connectivity index (χ3v) is 8.95. The summed E-state index contributed by atoms with van der Waals surface area (Å²) in [5.74, 6) is 1.31. The van der Waals surface area contributed by atoms with Gasteiger partial charge in [-0.15, -0.1) is 5.10 Å². The minimum atomic E-state index is -3.48. The number of fused-ring (bicyclic) bond motifs is 1. The number of nitrogens with zero attached hydrogens (tertiary/aromatic N) is 5. The fourth-order valence-electron chi connectivity index (χ4n) is 5.37. The molecule has 234 valence electrons. The van der Waals surface area contributed by atoms with E-state index in [0.29, 0.717) is 42.1 Å². The van der Waals surface area contributed by atoms with Gasteiger partial charge in [0.15, 0.2) is 0 Å². The number of hydrogen-bond donors (Lipinski definition) is 1. The van der Waals surface area contributed by atoms with Crippen LogP contribution in [0.4, 0.5) is 22.1 Å². The Morgan fingerprint density at radius 2 is 1.80 bits per heavy atom. The van der Waals surface area contributed by atoms with Gasteiger partial charge in [-0.1, -0.05) is 18.2 Å². The van der Waals surface area contributed by atoms with Crippen LogP contribution in [0.15, 0.2) is 54.7 Å². The summed E-state index contributed by atoms with van der Waals surface area (Å²) in [6.07, 6.45) is 4.30. The molecule has 2 aromatic carbocycles. The molecule has 1 saturated heterocycles. The zero-order valence-electron chi connectivity index (χ0n) is 26.3. The molecule has 1 fully saturated rings. The zero-order chi connectivity index (χ0) is 31.8. The van der Waals surface area contributed by atoms with Gasteiger partial charge in [-0.3, -0.25) is 4.31 Å². The number of aromatic nitrogens is 3. The highest BCUT2D eigenvalue weighted by molar-refractivity contribution is 7.92. The van der Waals surface area contributed by atoms with E-state index in [-0.39, 0.29) is 6.09 Å². The molecular weight excluding hydrogens is 580 g/mol. The Morgan fingerprint density at radius 1 is 1.07 bits per heavy atom. The maximum atomic E-state index is 12.5. The predicted molar refractivity (Wildman–Crippen MR) is 172 cm³/mol. The van der Waals surface area contributed by atoms with E-state index in [1.54, 1.807) is 29.8 Å². The minimum Gasteiger partial charge on any atom is -0.495 e. The molecule has 0 aliphatic carbocycles. The Bertz CT molecular complexity index is 1790. The first kappa shape index (κ1) is 31.1. The number of carbonyl (C=O) groups excluding carboxylic acids is 1. The van der Waals surface area contributed by atoms with Crippen molar-refractivity contribution < 1.29 is 22.7 Å². The lowest BCUT2D eigenvalue weighted by atomic mass is 9.89. The van der Waals surface area contributed by atoms with Crippen molar-refractivity contribution in [1.29, 1.82) is 0 Å². The smallest absolute Gasteiger partial charge is 0.410 e. The second-order valence-corrected chi connectivity index (χ2v) is 14.2. The number of nitrogens with one attached hydrogen (secondary N) is 1. The van der Waals surface area contributed by atoms with E-state index in [0.717, 1.165) is 40.7 Å². The minimum absolute atomic E-state index is 0.267. The number of amides is 1. The number of sulfonamides is 1. The summed E-state index contributed by atoms with van der Waals surface area (Å²) in [5, 5.41) is 8.04. The summed E-state index contributed by atoms with van der Waals surface area (Å²) < 4.78 is 39.1. The monoisotopic (exact) mass is 620 g/mol. The number of piperidine rings is 1. The first-order valence-corrected chi connectivity index (χ1v) is 16.4. The van der Waals surface area contributed by atoms with Crippen LogP contribution >= 0.6 is 0 Å². The molecule has 0 atom stereocenters. The summed E-state index contributed by atoms with van der Waals surface area (Å²) in [4.78, 5) is 18.8. The lowest BCUT2D eigenvalue weighted by Crippen LogP contribution is -2.41. The van der Waals surface area contributed by atoms with Gasteiger partial charge < -0.3 is 19.7 Å². The molecule has 0 unspecified atom stereocenters. The van der Waals surface area contributed by atoms with Crippen molar-refractivity contribution in [1.82, 2.24) is 19.5 Å². The maximum Gasteiger partial charge on any atom is 0.410 e. The lowest BCUT2D eigenvalue weighted by molar-refractivity contribution is 0.0204. The van der Waals surface area contributed by atoms with Crippen molar-refractivity contribution in [3.8, 4) is 17.0 Å². The van der Waals surface area contributed by atoms with E-state index >= 15 is 0 Å². The zero-order valence-corrected chi connectivity index (χ0v) is 27.1. The topological polar surface area (TPSA) is 118 Å². The summed E-state index contributed by atoms with van der Waals surface area (Å²) in [7, 11) is -0.306. The first-order valence-electron chi connectivity index (χ1n) is 14.6. The molecule has 0 radical (unpaired) electrons. The quantitative estimate of drug-likeness (QED) is 0.269. The van der Waals surface area contributed by atoms with Gasteiger partial charge in [0.25, 0.3) is 0 Å². The molecule has 1 aliphatic heterocycles. The molecule has 1 N–H and O–H groups in total. The second-order valence-electron chi connectivity index (χ2n) is 12.2. The van der Waals surface area contributed by atoms with Crippen molar-refractivity contribution in [3.05, 3.63) is 65.9 Å². The van der Waals surface area contributed by atoms with Crippen LogP contribution in [-0.2, 0) is 14.8 Å². The number of rotatable bonds is 7. The maximum absolute atomic E-state index is 12.5. The third-order valence-electron chi connectivity index (χ3n) is 7.75. The molecule has 2 aromatic heterocycles. The number of ether oxygens (including phenoxy) is 2. The number of methoxy groups -OCH3 is 1. The average molecular weight is 621 g/mol. The van der Waals surface area contributed by atoms with E-state index in [2.05, 4.69) is 16.4 Å². The van der Waals surface area contributed by atoms with E-state index in [9.17, 15) is 13.2 Å². The van der Waals surface area contributed by atoms with Crippen molar-refractivity contribution in [3.63, 3.8) is 0 Å². The molecule has 44 heavy (non-hydrogen) atoms. The summed E-state index contributed by atoms with van der Waals surface area (Å²) in [6.45, 7) is 8.83. The standard InChI is InChI=1S/C32H40N6O5S/c1-21-8-11-25(28(18-21)36(5)44(7,40)41)27-13-10-24-20-33-30(35-38(24)27)34-26-12-9-23(19-29(26)42-6)22-14-16-37(17-15-22)31(39)43-32(2,3)4/h8-13,18-20,22H,14-17H2,1-7H3,(H,34,35). The Kier molecular flexibility index (Phi) is 8.48. The Balaban J connectivity index is 1.37. The van der Waals surface area contributed by atoms with Gasteiger partial charge in [-0.2, -0.15) is 0 Å². The number of likely N-dealkylation sites (tertiary alicyclic amines) is 1. The van der Waals surface area contributed by atoms with Crippen LogP contribution in [0.1, 0.15) is 50.7 Å². The van der Waals surface area contributed by atoms with Crippen molar-refractivity contribution in [2.75, 3.05) is 43.1 Å². The molecule has 0 saturated carbocycles. The highest BCUT2D eigenvalue weighted by Gasteiger charge is 2.28. The SMILES string of the molecule is COc1cc(C2CCN(C(=O)OC(C)(C)C)CC2)ccc1Nc1ncc2ccc(-c3ccc(C)cc3N(C)S(C)(=O)=O)n2n1. The molecule has 4 aromatic rings. The number of benzene rings is 2. The largest absolute Gasteiger partial charge is 0.495 e. The molecular formula is C32H40N6O5S. The molecule has 3 heterocycles. The number of carbonyl (C=O) groups is 1. The molecule has 0 bridgehead atoms. The molecule has 11 nitrogen and oxygen atoms in total. The van der Waals surface area contributed by atoms with Gasteiger partial charge in [0, 0.05) is 25.7 Å². The van der Waals surface area contributed by atoms with Gasteiger partial charge in [0.2, 0.25) is 16.0 Å². The molecule has 1 amide bonds. The highest BCUT2D eigenvalue weighted by Crippen LogP contribution is 2.36. The van der Waals surface area contributed by atoms with Crippen molar-refractivity contribution in [2.24, 2.45) is 0 Å². The highest BCUT2D eigenvalue weighted by atomic mass is 32.2. The fraction of sp³-hybridized carbons (Fsp3) is 0.406. The Labute approximate surface area is 258 Å². The van der Waals surface area contributed by atoms with Crippen LogP contribution in [0, 0.1) is 6.92 Å². The Morgan fingerprint density at radius 3 is 2.45 bits per heavy atom. The first-order chi connectivity index (χ1) is 20.7. The molecule has 12 heteroatoms. The molecule has 0 spiro atoms. The number of anilines is 3. The van der Waals surface area contributed by atoms with E-state index in [1.165, 1.54) is 10.6 Å². The number of hydrogen-bond acceptors (Lipinski definition) is 8. The third kappa shape index (κ3) is 6.75. The predicted octanol–water partition coefficient (Wildman–Crippen LogP) is 5.97. The lowest BCUT2D eigenvalue weighted by Gasteiger charge is -2.33. The normalized spacial score (nSPS) is 14.5. The van der Waals surface area contributed by atoms with Crippen LogP contribution in [-0.4, -0.2) is 73.1 Å². The van der Waals surface area contributed by atoms with Crippen LogP contribution in [0.3, 0.4) is 0 Å². The van der Waals surface area contributed by atoms with Gasteiger partial charge >= 0.3 is 6.09 Å². The Hall–Kier alpha value is -4.32. The second kappa shape index (κ2) is 12.0. The van der Waals surface area contributed by atoms with Gasteiger partial charge in [-0.05, 0) is 87.9 Å². The average Bonchev–Trinajstić information content (AvgIpc) is 3.38. The number of aryl methyl sites for hydroxylation is 1. The van der Waals surface area contributed by atoms with Crippen LogP contribution < -0.4 is 14.4 Å². The molecule has 5 rings (SSSR count). The van der Waals surface area contributed by atoms with E-state index < -0.39 is 15.6 Å². The van der Waals surface area contributed by atoms with Crippen LogP contribution in [0.5, 0.6) is 5.75 Å². The van der Waals surface area contributed by atoms with Gasteiger partial charge in [0.05, 0.1) is 42.1 Å². The van der Waals surface area contributed by atoms with Crippen LogP contribution in [0.25, 0.3) is 16.8 Å². The van der Waals surface area contributed by atoms with Crippen LogP contribution in [0.2, 0.25) is 0 Å². The summed E-state index contributed by atoms with van der Waals surface area (Å²) in [6, 6.07) is 15.6. The molecule has 1 aliphatic rings. The van der Waals surface area contributed by atoms with E-state index in [1.807, 2.05) is 70.2 Å². The van der Waals surface area contributed by atoms with Gasteiger partial charge in [0.1, 0.15) is 11.4 Å². The summed E-state index contributed by atoms with van der Waals surface area (Å²) in [5.41, 5.74) is 5.07. The fourth-order valence-corrected chi connectivity index (χ4v) is 5.88. The van der Waals surface area contributed by atoms with Gasteiger partial charge in [-0.25, -0.2) is 22.7 Å².